The van der Waals surface area contributed by atoms with Crippen molar-refractivity contribution in [1.82, 2.24) is 5.32 Å². The molecule has 0 radical (unpaired) electrons. The summed E-state index contributed by atoms with van der Waals surface area (Å²) in [4.78, 5) is 0. The van der Waals surface area contributed by atoms with Crippen molar-refractivity contribution in [3.05, 3.63) is 53.6 Å². The van der Waals surface area contributed by atoms with Crippen LogP contribution in [-0.4, -0.2) is 20.8 Å². The van der Waals surface area contributed by atoms with Crippen LogP contribution in [0.3, 0.4) is 0 Å². The van der Waals surface area contributed by atoms with Crippen molar-refractivity contribution in [1.29, 1.82) is 0 Å². The molecule has 0 fully saturated rings. The SMILES string of the molecule is CCOc1cccc(CNC(C)c2cc(OC)ccc2OC)c1. The van der Waals surface area contributed by atoms with E-state index in [2.05, 4.69) is 24.4 Å². The molecule has 124 valence electrons. The average Bonchev–Trinajstić information content (AvgIpc) is 2.59. The quantitative estimate of drug-likeness (QED) is 0.800. The van der Waals surface area contributed by atoms with Crippen molar-refractivity contribution in [3.63, 3.8) is 0 Å². The van der Waals surface area contributed by atoms with Gasteiger partial charge in [0.25, 0.3) is 0 Å². The predicted octanol–water partition coefficient (Wildman–Crippen LogP) is 3.95. The molecule has 1 atom stereocenters. The summed E-state index contributed by atoms with van der Waals surface area (Å²) >= 11 is 0. The monoisotopic (exact) mass is 315 g/mol. The molecule has 0 heterocycles. The topological polar surface area (TPSA) is 39.7 Å². The normalized spacial score (nSPS) is 11.8. The van der Waals surface area contributed by atoms with Gasteiger partial charge in [-0.3, -0.25) is 0 Å². The first-order valence-electron chi connectivity index (χ1n) is 7.85. The lowest BCUT2D eigenvalue weighted by atomic mass is 10.1. The molecule has 0 aliphatic heterocycles. The lowest BCUT2D eigenvalue weighted by Crippen LogP contribution is -2.18. The van der Waals surface area contributed by atoms with E-state index in [4.69, 9.17) is 14.2 Å². The molecule has 1 N–H and O–H groups in total. The molecule has 0 saturated heterocycles. The standard InChI is InChI=1S/C19H25NO3/c1-5-23-17-8-6-7-15(11-17)13-20-14(2)18-12-16(21-3)9-10-19(18)22-4/h6-12,14,20H,5,13H2,1-4H3. The molecule has 0 aliphatic carbocycles. The van der Waals surface area contributed by atoms with Crippen molar-refractivity contribution in [2.75, 3.05) is 20.8 Å². The summed E-state index contributed by atoms with van der Waals surface area (Å²) in [7, 11) is 3.35. The van der Waals surface area contributed by atoms with Gasteiger partial charge in [-0.15, -0.1) is 0 Å². The first kappa shape index (κ1) is 17.2. The maximum Gasteiger partial charge on any atom is 0.123 e. The average molecular weight is 315 g/mol. The van der Waals surface area contributed by atoms with Gasteiger partial charge < -0.3 is 19.5 Å². The Morgan fingerprint density at radius 2 is 1.83 bits per heavy atom. The van der Waals surface area contributed by atoms with Gasteiger partial charge in [0.2, 0.25) is 0 Å². The Morgan fingerprint density at radius 1 is 1.00 bits per heavy atom. The molecule has 2 aromatic rings. The summed E-state index contributed by atoms with van der Waals surface area (Å²) in [5.41, 5.74) is 2.26. The molecule has 0 aromatic heterocycles. The van der Waals surface area contributed by atoms with Crippen LogP contribution in [0.25, 0.3) is 0 Å². The van der Waals surface area contributed by atoms with E-state index < -0.39 is 0 Å². The Hall–Kier alpha value is -2.20. The minimum absolute atomic E-state index is 0.135. The molecule has 2 aromatic carbocycles. The van der Waals surface area contributed by atoms with Crippen LogP contribution in [0.15, 0.2) is 42.5 Å². The molecule has 0 bridgehead atoms. The lowest BCUT2D eigenvalue weighted by molar-refractivity contribution is 0.339. The molecule has 4 nitrogen and oxygen atoms in total. The van der Waals surface area contributed by atoms with E-state index in [0.29, 0.717) is 6.61 Å². The van der Waals surface area contributed by atoms with Crippen LogP contribution in [0, 0.1) is 0 Å². The van der Waals surface area contributed by atoms with Crippen LogP contribution in [-0.2, 0) is 6.54 Å². The fourth-order valence-electron chi connectivity index (χ4n) is 2.47. The molecule has 0 spiro atoms. The van der Waals surface area contributed by atoms with Gasteiger partial charge in [-0.05, 0) is 49.7 Å². The largest absolute Gasteiger partial charge is 0.497 e. The van der Waals surface area contributed by atoms with E-state index in [0.717, 1.165) is 29.4 Å². The highest BCUT2D eigenvalue weighted by atomic mass is 16.5. The molecule has 1 unspecified atom stereocenters. The molecular formula is C19H25NO3. The third-order valence-corrected chi connectivity index (χ3v) is 3.73. The zero-order valence-corrected chi connectivity index (χ0v) is 14.3. The Balaban J connectivity index is 2.07. The number of nitrogens with one attached hydrogen (secondary N) is 1. The summed E-state index contributed by atoms with van der Waals surface area (Å²) in [6.45, 7) is 5.53. The zero-order valence-electron chi connectivity index (χ0n) is 14.3. The van der Waals surface area contributed by atoms with E-state index in [1.54, 1.807) is 14.2 Å². The van der Waals surface area contributed by atoms with Gasteiger partial charge >= 0.3 is 0 Å². The Labute approximate surface area is 138 Å². The molecule has 0 aliphatic rings. The molecule has 2 rings (SSSR count). The number of methoxy groups -OCH3 is 2. The smallest absolute Gasteiger partial charge is 0.123 e. The number of hydrogen-bond acceptors (Lipinski definition) is 4. The third kappa shape index (κ3) is 4.63. The lowest BCUT2D eigenvalue weighted by Gasteiger charge is -2.18. The van der Waals surface area contributed by atoms with Crippen LogP contribution in [0.1, 0.15) is 31.0 Å². The van der Waals surface area contributed by atoms with Crippen molar-refractivity contribution in [2.24, 2.45) is 0 Å². The Bertz CT molecular complexity index is 628. The van der Waals surface area contributed by atoms with Crippen molar-refractivity contribution in [2.45, 2.75) is 26.4 Å². The van der Waals surface area contributed by atoms with E-state index in [9.17, 15) is 0 Å². The van der Waals surface area contributed by atoms with E-state index in [1.807, 2.05) is 37.3 Å². The molecule has 4 heteroatoms. The van der Waals surface area contributed by atoms with Gasteiger partial charge in [0.15, 0.2) is 0 Å². The second-order valence-electron chi connectivity index (χ2n) is 5.29. The maximum absolute atomic E-state index is 5.54. The minimum atomic E-state index is 0.135. The van der Waals surface area contributed by atoms with Crippen LogP contribution >= 0.6 is 0 Å². The van der Waals surface area contributed by atoms with Gasteiger partial charge in [-0.2, -0.15) is 0 Å². The van der Waals surface area contributed by atoms with Gasteiger partial charge in [-0.25, -0.2) is 0 Å². The Morgan fingerprint density at radius 3 is 2.52 bits per heavy atom. The van der Waals surface area contributed by atoms with E-state index >= 15 is 0 Å². The highest BCUT2D eigenvalue weighted by Gasteiger charge is 2.12. The van der Waals surface area contributed by atoms with Gasteiger partial charge in [0, 0.05) is 18.2 Å². The van der Waals surface area contributed by atoms with Gasteiger partial charge in [-0.1, -0.05) is 12.1 Å². The van der Waals surface area contributed by atoms with Gasteiger partial charge in [0.1, 0.15) is 17.2 Å². The molecular weight excluding hydrogens is 290 g/mol. The van der Waals surface area contributed by atoms with Crippen molar-refractivity contribution < 1.29 is 14.2 Å². The first-order valence-corrected chi connectivity index (χ1v) is 7.85. The summed E-state index contributed by atoms with van der Waals surface area (Å²) in [6, 6.07) is 14.1. The number of hydrogen-bond donors (Lipinski definition) is 1. The summed E-state index contributed by atoms with van der Waals surface area (Å²) in [5.74, 6) is 2.58. The van der Waals surface area contributed by atoms with Crippen LogP contribution in [0.4, 0.5) is 0 Å². The second kappa shape index (κ2) is 8.44. The van der Waals surface area contributed by atoms with Crippen LogP contribution in [0.5, 0.6) is 17.2 Å². The Kier molecular flexibility index (Phi) is 6.29. The fraction of sp³-hybridized carbons (Fsp3) is 0.368. The van der Waals surface area contributed by atoms with Crippen LogP contribution in [0.2, 0.25) is 0 Å². The molecule has 23 heavy (non-hydrogen) atoms. The third-order valence-electron chi connectivity index (χ3n) is 3.73. The van der Waals surface area contributed by atoms with Crippen molar-refractivity contribution >= 4 is 0 Å². The van der Waals surface area contributed by atoms with E-state index in [-0.39, 0.29) is 6.04 Å². The number of rotatable bonds is 8. The number of benzene rings is 2. The van der Waals surface area contributed by atoms with Gasteiger partial charge in [0.05, 0.1) is 20.8 Å². The van der Waals surface area contributed by atoms with Crippen LogP contribution < -0.4 is 19.5 Å². The summed E-state index contributed by atoms with van der Waals surface area (Å²) in [5, 5.41) is 3.52. The van der Waals surface area contributed by atoms with Crippen molar-refractivity contribution in [3.8, 4) is 17.2 Å². The molecule has 0 saturated carbocycles. The highest BCUT2D eigenvalue weighted by molar-refractivity contribution is 5.42. The summed E-state index contributed by atoms with van der Waals surface area (Å²) in [6.07, 6.45) is 0. The highest BCUT2D eigenvalue weighted by Crippen LogP contribution is 2.29. The zero-order chi connectivity index (χ0) is 16.7. The number of ether oxygens (including phenoxy) is 3. The fourth-order valence-corrected chi connectivity index (χ4v) is 2.47. The first-order chi connectivity index (χ1) is 11.2. The maximum atomic E-state index is 5.54. The molecule has 0 amide bonds. The summed E-state index contributed by atoms with van der Waals surface area (Å²) < 4.78 is 16.3. The predicted molar refractivity (Wildman–Crippen MR) is 92.4 cm³/mol. The second-order valence-corrected chi connectivity index (χ2v) is 5.29. The van der Waals surface area contributed by atoms with E-state index in [1.165, 1.54) is 5.56 Å². The minimum Gasteiger partial charge on any atom is -0.497 e.